The van der Waals surface area contributed by atoms with E-state index in [4.69, 9.17) is 4.74 Å². The molecule has 1 aromatic carbocycles. The molecule has 0 radical (unpaired) electrons. The van der Waals surface area contributed by atoms with Gasteiger partial charge < -0.3 is 24.8 Å². The highest BCUT2D eigenvalue weighted by atomic mass is 16.5. The highest BCUT2D eigenvalue weighted by Gasteiger charge is 2.59. The lowest BCUT2D eigenvalue weighted by Crippen LogP contribution is -2.64. The number of piperidine rings is 1. The van der Waals surface area contributed by atoms with Gasteiger partial charge in [0.1, 0.15) is 17.5 Å². The van der Waals surface area contributed by atoms with Crippen LogP contribution in [0.2, 0.25) is 0 Å². The van der Waals surface area contributed by atoms with Crippen molar-refractivity contribution >= 4 is 17.6 Å². The van der Waals surface area contributed by atoms with Crippen molar-refractivity contribution in [3.05, 3.63) is 24.3 Å². The van der Waals surface area contributed by atoms with Crippen LogP contribution < -0.4 is 10.1 Å². The van der Waals surface area contributed by atoms with Crippen LogP contribution in [0.4, 0.5) is 10.5 Å². The van der Waals surface area contributed by atoms with Gasteiger partial charge in [-0.25, -0.2) is 4.79 Å². The molecule has 1 N–H and O–H groups in total. The lowest BCUT2D eigenvalue weighted by Gasteiger charge is -2.50. The molecular formula is C23H33N5O3. The van der Waals surface area contributed by atoms with Crippen molar-refractivity contribution in [3.63, 3.8) is 0 Å². The molecule has 4 fully saturated rings. The number of carbonyl (C=O) groups is 2. The highest BCUT2D eigenvalue weighted by molar-refractivity contribution is 5.89. The Morgan fingerprint density at radius 3 is 2.48 bits per heavy atom. The van der Waals surface area contributed by atoms with Gasteiger partial charge in [0.15, 0.2) is 0 Å². The SMILES string of the molecule is COc1ccc(NC(=O)N2CCC3(CC2)N(CC2CC2)C(=O)[C@H]2CN(C)CCN23)cc1. The van der Waals surface area contributed by atoms with Gasteiger partial charge >= 0.3 is 6.03 Å². The molecular weight excluding hydrogens is 394 g/mol. The second-order valence-electron chi connectivity index (χ2n) is 9.49. The molecule has 1 aliphatic carbocycles. The van der Waals surface area contributed by atoms with Gasteiger partial charge in [-0.2, -0.15) is 0 Å². The molecule has 1 saturated carbocycles. The molecule has 5 rings (SSSR count). The topological polar surface area (TPSA) is 68.4 Å². The maximum Gasteiger partial charge on any atom is 0.321 e. The normalized spacial score (nSPS) is 26.3. The van der Waals surface area contributed by atoms with Crippen LogP contribution in [0.25, 0.3) is 0 Å². The Morgan fingerprint density at radius 1 is 1.13 bits per heavy atom. The zero-order chi connectivity index (χ0) is 21.6. The van der Waals surface area contributed by atoms with E-state index in [1.807, 2.05) is 29.2 Å². The van der Waals surface area contributed by atoms with Gasteiger partial charge in [-0.05, 0) is 50.1 Å². The van der Waals surface area contributed by atoms with Gasteiger partial charge in [-0.3, -0.25) is 9.69 Å². The van der Waals surface area contributed by atoms with E-state index < -0.39 is 0 Å². The van der Waals surface area contributed by atoms with Gasteiger partial charge in [0.25, 0.3) is 0 Å². The van der Waals surface area contributed by atoms with Crippen LogP contribution in [0.3, 0.4) is 0 Å². The number of hydrogen-bond donors (Lipinski definition) is 1. The Bertz CT molecular complexity index is 832. The smallest absolute Gasteiger partial charge is 0.321 e. The van der Waals surface area contributed by atoms with Gasteiger partial charge in [0.2, 0.25) is 5.91 Å². The fraction of sp³-hybridized carbons (Fsp3) is 0.652. The Hall–Kier alpha value is -2.32. The number of rotatable bonds is 4. The largest absolute Gasteiger partial charge is 0.497 e. The number of likely N-dealkylation sites (N-methyl/N-ethyl adjacent to an activating group) is 1. The van der Waals surface area contributed by atoms with Crippen LogP contribution in [0.5, 0.6) is 5.75 Å². The van der Waals surface area contributed by atoms with Crippen LogP contribution in [0, 0.1) is 5.92 Å². The maximum absolute atomic E-state index is 13.4. The van der Waals surface area contributed by atoms with Gasteiger partial charge in [0, 0.05) is 57.8 Å². The average Bonchev–Trinajstić information content (AvgIpc) is 3.58. The summed E-state index contributed by atoms with van der Waals surface area (Å²) < 4.78 is 5.18. The predicted molar refractivity (Wildman–Crippen MR) is 118 cm³/mol. The van der Waals surface area contributed by atoms with E-state index in [2.05, 4.69) is 27.1 Å². The van der Waals surface area contributed by atoms with Crippen LogP contribution >= 0.6 is 0 Å². The van der Waals surface area contributed by atoms with E-state index in [-0.39, 0.29) is 17.7 Å². The number of fused-ring (bicyclic) bond motifs is 2. The second kappa shape index (κ2) is 7.98. The fourth-order valence-corrected chi connectivity index (χ4v) is 5.49. The average molecular weight is 428 g/mol. The lowest BCUT2D eigenvalue weighted by atomic mass is 9.93. The van der Waals surface area contributed by atoms with Gasteiger partial charge in [-0.1, -0.05) is 0 Å². The van der Waals surface area contributed by atoms with Gasteiger partial charge in [0.05, 0.1) is 7.11 Å². The quantitative estimate of drug-likeness (QED) is 0.795. The monoisotopic (exact) mass is 427 g/mol. The Labute approximate surface area is 184 Å². The summed E-state index contributed by atoms with van der Waals surface area (Å²) in [6.07, 6.45) is 4.12. The van der Waals surface area contributed by atoms with Crippen molar-refractivity contribution in [2.45, 2.75) is 37.4 Å². The van der Waals surface area contributed by atoms with Crippen molar-refractivity contribution in [2.75, 3.05) is 58.7 Å². The first-order chi connectivity index (χ1) is 15.0. The van der Waals surface area contributed by atoms with Crippen molar-refractivity contribution in [3.8, 4) is 5.75 Å². The summed E-state index contributed by atoms with van der Waals surface area (Å²) in [7, 11) is 3.73. The molecule has 8 nitrogen and oxygen atoms in total. The molecule has 0 bridgehead atoms. The number of urea groups is 1. The number of hydrogen-bond acceptors (Lipinski definition) is 5. The van der Waals surface area contributed by atoms with Crippen LogP contribution in [-0.2, 0) is 4.79 Å². The third-order valence-electron chi connectivity index (χ3n) is 7.50. The second-order valence-corrected chi connectivity index (χ2v) is 9.49. The number of ether oxygens (including phenoxy) is 1. The van der Waals surface area contributed by atoms with E-state index in [0.717, 1.165) is 50.5 Å². The third kappa shape index (κ3) is 3.76. The van der Waals surface area contributed by atoms with Crippen LogP contribution in [-0.4, -0.2) is 96.7 Å². The van der Waals surface area contributed by atoms with Crippen molar-refractivity contribution in [1.29, 1.82) is 0 Å². The molecule has 3 aliphatic heterocycles. The first-order valence-corrected chi connectivity index (χ1v) is 11.5. The predicted octanol–water partition coefficient (Wildman–Crippen LogP) is 1.89. The molecule has 3 heterocycles. The number of benzene rings is 1. The minimum absolute atomic E-state index is 0.0304. The summed E-state index contributed by atoms with van der Waals surface area (Å²) in [5.41, 5.74) is 0.541. The molecule has 0 unspecified atom stereocenters. The number of piperazine rings is 1. The van der Waals surface area contributed by atoms with E-state index in [1.165, 1.54) is 12.8 Å². The van der Waals surface area contributed by atoms with Crippen molar-refractivity contribution < 1.29 is 14.3 Å². The van der Waals surface area contributed by atoms with Crippen molar-refractivity contribution in [1.82, 2.24) is 19.6 Å². The summed E-state index contributed by atoms with van der Waals surface area (Å²) in [6.45, 7) is 4.93. The molecule has 1 spiro atoms. The Balaban J connectivity index is 1.28. The fourth-order valence-electron chi connectivity index (χ4n) is 5.49. The number of nitrogens with zero attached hydrogens (tertiary/aromatic N) is 4. The minimum atomic E-state index is -0.220. The number of methoxy groups -OCH3 is 1. The molecule has 0 aromatic heterocycles. The lowest BCUT2D eigenvalue weighted by molar-refractivity contribution is -0.134. The number of carbonyl (C=O) groups excluding carboxylic acids is 2. The highest BCUT2D eigenvalue weighted by Crippen LogP contribution is 2.44. The van der Waals surface area contributed by atoms with Crippen molar-refractivity contribution in [2.24, 2.45) is 5.92 Å². The number of likely N-dealkylation sites (tertiary alicyclic amines) is 1. The molecule has 4 aliphatic rings. The standard InChI is InChI=1S/C23H33N5O3/c1-25-13-14-27-20(16-25)21(29)28(15-17-3-4-17)23(27)9-11-26(12-10-23)22(30)24-18-5-7-19(31-2)8-6-18/h5-8,17,20H,3-4,9-16H2,1-2H3,(H,24,30)/t20-/m1/s1. The zero-order valence-electron chi connectivity index (χ0n) is 18.5. The van der Waals surface area contributed by atoms with E-state index in [0.29, 0.717) is 24.9 Å². The molecule has 1 atom stereocenters. The van der Waals surface area contributed by atoms with Crippen LogP contribution in [0.1, 0.15) is 25.7 Å². The zero-order valence-corrected chi connectivity index (χ0v) is 18.5. The minimum Gasteiger partial charge on any atom is -0.497 e. The Kier molecular flexibility index (Phi) is 5.30. The van der Waals surface area contributed by atoms with Crippen LogP contribution in [0.15, 0.2) is 24.3 Å². The summed E-state index contributed by atoms with van der Waals surface area (Å²) >= 11 is 0. The molecule has 8 heteroatoms. The molecule has 31 heavy (non-hydrogen) atoms. The molecule has 3 saturated heterocycles. The first kappa shape index (κ1) is 20.6. The summed E-state index contributed by atoms with van der Waals surface area (Å²) in [4.78, 5) is 35.1. The number of anilines is 1. The molecule has 3 amide bonds. The summed E-state index contributed by atoms with van der Waals surface area (Å²) in [5.74, 6) is 1.73. The first-order valence-electron chi connectivity index (χ1n) is 11.5. The summed E-state index contributed by atoms with van der Waals surface area (Å²) in [6, 6.07) is 7.28. The summed E-state index contributed by atoms with van der Waals surface area (Å²) in [5, 5.41) is 3.00. The third-order valence-corrected chi connectivity index (χ3v) is 7.50. The number of nitrogens with one attached hydrogen (secondary N) is 1. The Morgan fingerprint density at radius 2 is 1.84 bits per heavy atom. The van der Waals surface area contributed by atoms with E-state index >= 15 is 0 Å². The number of amides is 3. The molecule has 168 valence electrons. The van der Waals surface area contributed by atoms with E-state index in [9.17, 15) is 9.59 Å². The van der Waals surface area contributed by atoms with Gasteiger partial charge in [-0.15, -0.1) is 0 Å². The molecule has 1 aromatic rings. The maximum atomic E-state index is 13.4. The van der Waals surface area contributed by atoms with E-state index in [1.54, 1.807) is 7.11 Å².